The Balaban J connectivity index is 2.87. The average molecular weight is 233 g/mol. The fourth-order valence-electron chi connectivity index (χ4n) is 0.968. The van der Waals surface area contributed by atoms with E-state index in [4.69, 9.17) is 0 Å². The Morgan fingerprint density at radius 2 is 2.17 bits per heavy atom. The van der Waals surface area contributed by atoms with Crippen molar-refractivity contribution in [2.75, 3.05) is 0 Å². The van der Waals surface area contributed by atoms with Crippen LogP contribution in [0.2, 0.25) is 0 Å². The van der Waals surface area contributed by atoms with Crippen LogP contribution in [0.25, 0.3) is 11.0 Å². The van der Waals surface area contributed by atoms with Gasteiger partial charge in [0.25, 0.3) is 0 Å². The van der Waals surface area contributed by atoms with Crippen molar-refractivity contribution in [3.05, 3.63) is 28.5 Å². The topological polar surface area (TPSA) is 28.7 Å². The summed E-state index contributed by atoms with van der Waals surface area (Å²) in [5.41, 5.74) is 0.216. The smallest absolute Gasteiger partial charge is 0.229 e. The zero-order valence-electron chi connectivity index (χ0n) is 5.74. The second-order valence-electron chi connectivity index (χ2n) is 2.29. The molecule has 0 bridgehead atoms. The summed E-state index contributed by atoms with van der Waals surface area (Å²) >= 11 is 2.92. The lowest BCUT2D eigenvalue weighted by molar-refractivity contribution is 0.581. The minimum Gasteiger partial charge on any atom is -0.343 e. The predicted molar refractivity (Wildman–Crippen MR) is 43.7 cm³/mol. The van der Waals surface area contributed by atoms with Gasteiger partial charge in [-0.1, -0.05) is 0 Å². The molecule has 0 aliphatic heterocycles. The first-order valence-corrected chi connectivity index (χ1v) is 3.96. The molecule has 62 valence electrons. The number of hydrogen-bond acceptors (Lipinski definition) is 1. The zero-order valence-corrected chi connectivity index (χ0v) is 7.32. The van der Waals surface area contributed by atoms with Gasteiger partial charge in [-0.2, -0.15) is 4.39 Å². The van der Waals surface area contributed by atoms with Gasteiger partial charge in [0.05, 0.1) is 9.86 Å². The van der Waals surface area contributed by atoms with Gasteiger partial charge in [-0.3, -0.25) is 0 Å². The SMILES string of the molecule is Fc1nc2[nH]cc(F)c2cc1Br. The van der Waals surface area contributed by atoms with Crippen LogP contribution in [0.5, 0.6) is 0 Å². The van der Waals surface area contributed by atoms with E-state index in [2.05, 4.69) is 25.9 Å². The summed E-state index contributed by atoms with van der Waals surface area (Å²) in [6, 6.07) is 1.35. The van der Waals surface area contributed by atoms with E-state index < -0.39 is 11.8 Å². The number of pyridine rings is 1. The molecule has 2 nitrogen and oxygen atoms in total. The Labute approximate surface area is 74.7 Å². The van der Waals surface area contributed by atoms with Crippen LogP contribution in [0.15, 0.2) is 16.7 Å². The van der Waals surface area contributed by atoms with Crippen LogP contribution in [-0.2, 0) is 0 Å². The number of H-pyrrole nitrogens is 1. The van der Waals surface area contributed by atoms with Gasteiger partial charge in [0, 0.05) is 6.20 Å². The molecule has 2 aromatic heterocycles. The van der Waals surface area contributed by atoms with Crippen molar-refractivity contribution >= 4 is 27.0 Å². The third kappa shape index (κ3) is 1.01. The molecule has 1 N–H and O–H groups in total. The molecule has 0 aliphatic rings. The number of halogens is 3. The van der Waals surface area contributed by atoms with E-state index in [-0.39, 0.29) is 15.5 Å². The van der Waals surface area contributed by atoms with E-state index in [1.54, 1.807) is 0 Å². The molecule has 0 aromatic carbocycles. The van der Waals surface area contributed by atoms with Crippen molar-refractivity contribution < 1.29 is 8.78 Å². The lowest BCUT2D eigenvalue weighted by Crippen LogP contribution is -1.85. The van der Waals surface area contributed by atoms with Crippen LogP contribution in [0.3, 0.4) is 0 Å². The standard InChI is InChI=1S/C7H3BrF2N2/c8-4-1-3-5(9)2-11-7(3)12-6(4)10/h1-2H,(H,11,12). The van der Waals surface area contributed by atoms with E-state index in [1.165, 1.54) is 6.07 Å². The molecule has 2 rings (SSSR count). The lowest BCUT2D eigenvalue weighted by atomic mass is 10.3. The summed E-state index contributed by atoms with van der Waals surface area (Å²) in [5.74, 6) is -1.08. The maximum absolute atomic E-state index is 12.8. The summed E-state index contributed by atoms with van der Waals surface area (Å²) in [4.78, 5) is 6.00. The first-order chi connectivity index (χ1) is 5.68. The van der Waals surface area contributed by atoms with Gasteiger partial charge < -0.3 is 4.98 Å². The minimum absolute atomic E-state index is 0.161. The Hall–Kier alpha value is -0.970. The molecule has 5 heteroatoms. The second-order valence-corrected chi connectivity index (χ2v) is 3.15. The lowest BCUT2D eigenvalue weighted by Gasteiger charge is -1.92. The minimum atomic E-state index is -0.649. The number of aromatic nitrogens is 2. The fourth-order valence-corrected chi connectivity index (χ4v) is 1.29. The van der Waals surface area contributed by atoms with E-state index in [0.717, 1.165) is 6.20 Å². The third-order valence-electron chi connectivity index (χ3n) is 1.53. The first kappa shape index (κ1) is 7.67. The van der Waals surface area contributed by atoms with Gasteiger partial charge in [0.15, 0.2) is 0 Å². The predicted octanol–water partition coefficient (Wildman–Crippen LogP) is 2.60. The molecular weight excluding hydrogens is 230 g/mol. The van der Waals surface area contributed by atoms with Gasteiger partial charge in [-0.05, 0) is 22.0 Å². The number of fused-ring (bicyclic) bond motifs is 1. The highest BCUT2D eigenvalue weighted by atomic mass is 79.9. The van der Waals surface area contributed by atoms with Crippen molar-refractivity contribution in [1.29, 1.82) is 0 Å². The van der Waals surface area contributed by atoms with E-state index in [9.17, 15) is 8.78 Å². The molecule has 0 unspecified atom stereocenters. The summed E-state index contributed by atoms with van der Waals surface area (Å²) in [6.45, 7) is 0. The maximum Gasteiger partial charge on any atom is 0.229 e. The van der Waals surface area contributed by atoms with Crippen molar-refractivity contribution in [2.45, 2.75) is 0 Å². The highest BCUT2D eigenvalue weighted by molar-refractivity contribution is 9.10. The number of aromatic amines is 1. The van der Waals surface area contributed by atoms with Gasteiger partial charge >= 0.3 is 0 Å². The quantitative estimate of drug-likeness (QED) is 0.696. The Kier molecular flexibility index (Phi) is 1.61. The van der Waals surface area contributed by atoms with E-state index >= 15 is 0 Å². The Bertz CT molecular complexity index is 438. The zero-order chi connectivity index (χ0) is 8.72. The van der Waals surface area contributed by atoms with Gasteiger partial charge in [0.2, 0.25) is 5.95 Å². The van der Waals surface area contributed by atoms with Crippen molar-refractivity contribution in [3.63, 3.8) is 0 Å². The number of rotatable bonds is 0. The largest absolute Gasteiger partial charge is 0.343 e. The molecule has 0 aliphatic carbocycles. The van der Waals surface area contributed by atoms with Crippen molar-refractivity contribution in [1.82, 2.24) is 9.97 Å². The van der Waals surface area contributed by atoms with Crippen LogP contribution in [0.1, 0.15) is 0 Å². The molecule has 2 aromatic rings. The van der Waals surface area contributed by atoms with E-state index in [1.807, 2.05) is 0 Å². The fraction of sp³-hybridized carbons (Fsp3) is 0. The Morgan fingerprint density at radius 3 is 2.92 bits per heavy atom. The van der Waals surface area contributed by atoms with Gasteiger partial charge in [0.1, 0.15) is 11.5 Å². The maximum atomic E-state index is 12.8. The molecule has 2 heterocycles. The normalized spacial score (nSPS) is 10.9. The highest BCUT2D eigenvalue weighted by Crippen LogP contribution is 2.21. The average Bonchev–Trinajstić information content (AvgIpc) is 2.35. The Morgan fingerprint density at radius 1 is 1.42 bits per heavy atom. The molecule has 0 saturated heterocycles. The summed E-state index contributed by atoms with van der Waals surface area (Å²) in [5, 5.41) is 0.281. The van der Waals surface area contributed by atoms with Crippen LogP contribution in [0.4, 0.5) is 8.78 Å². The molecular formula is C7H3BrF2N2. The summed E-state index contributed by atoms with van der Waals surface area (Å²) in [6.07, 6.45) is 1.14. The number of nitrogens with zero attached hydrogens (tertiary/aromatic N) is 1. The molecule has 0 radical (unpaired) electrons. The molecule has 0 amide bonds. The molecule has 12 heavy (non-hydrogen) atoms. The van der Waals surface area contributed by atoms with Crippen LogP contribution in [0, 0.1) is 11.8 Å². The monoisotopic (exact) mass is 232 g/mol. The highest BCUT2D eigenvalue weighted by Gasteiger charge is 2.08. The molecule has 0 atom stereocenters. The number of nitrogens with one attached hydrogen (secondary N) is 1. The van der Waals surface area contributed by atoms with Crippen molar-refractivity contribution in [3.8, 4) is 0 Å². The third-order valence-corrected chi connectivity index (χ3v) is 2.08. The first-order valence-electron chi connectivity index (χ1n) is 3.17. The van der Waals surface area contributed by atoms with Crippen LogP contribution >= 0.6 is 15.9 Å². The second kappa shape index (κ2) is 2.52. The van der Waals surface area contributed by atoms with Crippen LogP contribution < -0.4 is 0 Å². The summed E-state index contributed by atoms with van der Waals surface area (Å²) < 4.78 is 25.8. The molecule has 0 spiro atoms. The van der Waals surface area contributed by atoms with E-state index in [0.29, 0.717) is 0 Å². The number of hydrogen-bond donors (Lipinski definition) is 1. The molecule has 0 saturated carbocycles. The van der Waals surface area contributed by atoms with Gasteiger partial charge in [-0.15, -0.1) is 0 Å². The summed E-state index contributed by atoms with van der Waals surface area (Å²) in [7, 11) is 0. The van der Waals surface area contributed by atoms with Crippen molar-refractivity contribution in [2.24, 2.45) is 0 Å². The van der Waals surface area contributed by atoms with Gasteiger partial charge in [-0.25, -0.2) is 9.37 Å². The van der Waals surface area contributed by atoms with Crippen LogP contribution in [-0.4, -0.2) is 9.97 Å². The molecule has 0 fully saturated rings.